The third kappa shape index (κ3) is 3.38. The molecule has 0 spiro atoms. The van der Waals surface area contributed by atoms with E-state index in [9.17, 15) is 4.79 Å². The van der Waals surface area contributed by atoms with Crippen molar-refractivity contribution in [3.8, 4) is 17.8 Å². The van der Waals surface area contributed by atoms with Gasteiger partial charge in [0.05, 0.1) is 0 Å². The average molecular weight is 257 g/mol. The summed E-state index contributed by atoms with van der Waals surface area (Å²) in [6.45, 7) is 0. The highest BCUT2D eigenvalue weighted by Gasteiger charge is 2.00. The van der Waals surface area contributed by atoms with Gasteiger partial charge in [-0.05, 0) is 53.9 Å². The van der Waals surface area contributed by atoms with E-state index in [0.29, 0.717) is 11.3 Å². The molecule has 2 rings (SSSR count). The lowest BCUT2D eigenvalue weighted by Gasteiger charge is -1.97. The minimum absolute atomic E-state index is 0.431. The molecular formula is C15H9ClO2. The van der Waals surface area contributed by atoms with Crippen molar-refractivity contribution in [2.24, 2.45) is 0 Å². The van der Waals surface area contributed by atoms with E-state index in [-0.39, 0.29) is 0 Å². The van der Waals surface area contributed by atoms with Gasteiger partial charge in [-0.1, -0.05) is 18.2 Å². The Labute approximate surface area is 110 Å². The molecule has 0 aromatic heterocycles. The van der Waals surface area contributed by atoms with Crippen molar-refractivity contribution in [1.29, 1.82) is 0 Å². The lowest BCUT2D eigenvalue weighted by atomic mass is 10.2. The van der Waals surface area contributed by atoms with Gasteiger partial charge in [0, 0.05) is 11.1 Å². The molecule has 2 nitrogen and oxygen atoms in total. The predicted molar refractivity (Wildman–Crippen MR) is 70.6 cm³/mol. The summed E-state index contributed by atoms with van der Waals surface area (Å²) in [4.78, 5) is 10.9. The van der Waals surface area contributed by atoms with Crippen LogP contribution in [0.25, 0.3) is 0 Å². The maximum atomic E-state index is 10.9. The molecule has 0 unspecified atom stereocenters. The Morgan fingerprint density at radius 1 is 1.00 bits per heavy atom. The maximum absolute atomic E-state index is 10.9. The third-order valence-corrected chi connectivity index (χ3v) is 2.44. The Kier molecular flexibility index (Phi) is 4.01. The molecule has 18 heavy (non-hydrogen) atoms. The number of carbonyl (C=O) groups is 1. The van der Waals surface area contributed by atoms with Crippen LogP contribution in [0.4, 0.5) is 0 Å². The number of hydrogen-bond acceptors (Lipinski definition) is 2. The normalized spacial score (nSPS) is 9.17. The summed E-state index contributed by atoms with van der Waals surface area (Å²) in [5.74, 6) is 3.43. The van der Waals surface area contributed by atoms with Crippen LogP contribution in [0.5, 0.6) is 5.75 Å². The molecule has 88 valence electrons. The molecular weight excluding hydrogens is 248 g/mol. The van der Waals surface area contributed by atoms with Gasteiger partial charge in [0.1, 0.15) is 11.9 Å². The van der Waals surface area contributed by atoms with Crippen LogP contribution < -0.4 is 4.74 Å². The van der Waals surface area contributed by atoms with Crippen LogP contribution in [0.3, 0.4) is 0 Å². The molecule has 0 aliphatic rings. The molecule has 3 heteroatoms. The van der Waals surface area contributed by atoms with Gasteiger partial charge in [-0.15, -0.1) is 0 Å². The van der Waals surface area contributed by atoms with Crippen LogP contribution >= 0.6 is 11.6 Å². The summed E-state index contributed by atoms with van der Waals surface area (Å²) in [5, 5.41) is -0.489. The van der Waals surface area contributed by atoms with Gasteiger partial charge >= 0.3 is 0 Å². The molecule has 0 fully saturated rings. The topological polar surface area (TPSA) is 26.3 Å². The van der Waals surface area contributed by atoms with Crippen molar-refractivity contribution in [1.82, 2.24) is 0 Å². The fraction of sp³-hybridized carbons (Fsp3) is 0. The first-order valence-corrected chi connectivity index (χ1v) is 5.66. The van der Waals surface area contributed by atoms with Crippen molar-refractivity contribution >= 4 is 16.8 Å². The van der Waals surface area contributed by atoms with Crippen molar-refractivity contribution in [3.63, 3.8) is 0 Å². The van der Waals surface area contributed by atoms with Crippen LogP contribution in [0, 0.1) is 12.0 Å². The molecule has 2 aromatic carbocycles. The molecule has 0 radical (unpaired) electrons. The number of hydrogen-bond donors (Lipinski definition) is 0. The Balaban J connectivity index is 2.03. The third-order valence-electron chi connectivity index (χ3n) is 2.22. The van der Waals surface area contributed by atoms with E-state index < -0.39 is 5.24 Å². The molecule has 0 saturated carbocycles. The van der Waals surface area contributed by atoms with E-state index in [1.54, 1.807) is 24.3 Å². The molecule has 0 aliphatic heterocycles. The van der Waals surface area contributed by atoms with E-state index in [1.807, 2.05) is 30.3 Å². The van der Waals surface area contributed by atoms with E-state index in [4.69, 9.17) is 16.3 Å². The van der Waals surface area contributed by atoms with E-state index in [1.165, 1.54) is 0 Å². The summed E-state index contributed by atoms with van der Waals surface area (Å²) < 4.78 is 5.23. The SMILES string of the molecule is O=C(Cl)c1ccc(OC#Cc2ccccc2)cc1. The van der Waals surface area contributed by atoms with Crippen molar-refractivity contribution < 1.29 is 9.53 Å². The molecule has 0 N–H and O–H groups in total. The Morgan fingerprint density at radius 2 is 1.67 bits per heavy atom. The highest BCUT2D eigenvalue weighted by atomic mass is 35.5. The van der Waals surface area contributed by atoms with Crippen LogP contribution in [0.1, 0.15) is 15.9 Å². The second-order valence-corrected chi connectivity index (χ2v) is 3.84. The van der Waals surface area contributed by atoms with Gasteiger partial charge in [0.15, 0.2) is 0 Å². The van der Waals surface area contributed by atoms with Gasteiger partial charge in [-0.3, -0.25) is 4.79 Å². The van der Waals surface area contributed by atoms with E-state index >= 15 is 0 Å². The maximum Gasteiger partial charge on any atom is 0.252 e. The van der Waals surface area contributed by atoms with Crippen molar-refractivity contribution in [2.75, 3.05) is 0 Å². The number of carbonyl (C=O) groups excluding carboxylic acids is 1. The first kappa shape index (κ1) is 12.2. The largest absolute Gasteiger partial charge is 0.407 e. The number of rotatable bonds is 2. The number of benzene rings is 2. The zero-order chi connectivity index (χ0) is 12.8. The Bertz CT molecular complexity index is 592. The van der Waals surface area contributed by atoms with E-state index in [2.05, 4.69) is 12.0 Å². The van der Waals surface area contributed by atoms with Crippen LogP contribution in [-0.2, 0) is 0 Å². The van der Waals surface area contributed by atoms with Gasteiger partial charge in [0.25, 0.3) is 5.24 Å². The van der Waals surface area contributed by atoms with Crippen LogP contribution in [0.2, 0.25) is 0 Å². The van der Waals surface area contributed by atoms with E-state index in [0.717, 1.165) is 5.56 Å². The standard InChI is InChI=1S/C15H9ClO2/c16-15(17)13-6-8-14(9-7-13)18-11-10-12-4-2-1-3-5-12/h1-9H. The molecule has 0 aliphatic carbocycles. The number of ether oxygens (including phenoxy) is 1. The van der Waals surface area contributed by atoms with Gasteiger partial charge in [-0.2, -0.15) is 0 Å². The first-order chi connectivity index (χ1) is 8.75. The van der Waals surface area contributed by atoms with Gasteiger partial charge in [-0.25, -0.2) is 0 Å². The molecule has 0 heterocycles. The van der Waals surface area contributed by atoms with Crippen molar-refractivity contribution in [3.05, 3.63) is 65.7 Å². The first-order valence-electron chi connectivity index (χ1n) is 5.28. The fourth-order valence-electron chi connectivity index (χ4n) is 1.32. The minimum Gasteiger partial charge on any atom is -0.407 e. The van der Waals surface area contributed by atoms with Crippen molar-refractivity contribution in [2.45, 2.75) is 0 Å². The van der Waals surface area contributed by atoms with Crippen LogP contribution in [0.15, 0.2) is 54.6 Å². The highest BCUT2D eigenvalue weighted by molar-refractivity contribution is 6.67. The monoisotopic (exact) mass is 256 g/mol. The molecule has 0 saturated heterocycles. The molecule has 0 atom stereocenters. The summed E-state index contributed by atoms with van der Waals surface area (Å²) in [7, 11) is 0. The summed E-state index contributed by atoms with van der Waals surface area (Å²) in [6.07, 6.45) is 2.60. The minimum atomic E-state index is -0.489. The molecule has 0 bridgehead atoms. The van der Waals surface area contributed by atoms with Crippen LogP contribution in [-0.4, -0.2) is 5.24 Å². The van der Waals surface area contributed by atoms with Gasteiger partial charge in [0.2, 0.25) is 0 Å². The quantitative estimate of drug-likeness (QED) is 0.608. The lowest BCUT2D eigenvalue weighted by molar-refractivity contribution is 0.108. The Hall–Kier alpha value is -2.24. The number of halogens is 1. The smallest absolute Gasteiger partial charge is 0.252 e. The van der Waals surface area contributed by atoms with Gasteiger partial charge < -0.3 is 4.74 Å². The second kappa shape index (κ2) is 5.90. The fourth-order valence-corrected chi connectivity index (χ4v) is 1.44. The molecule has 2 aromatic rings. The second-order valence-electron chi connectivity index (χ2n) is 3.49. The average Bonchev–Trinajstić information content (AvgIpc) is 2.40. The predicted octanol–water partition coefficient (Wildman–Crippen LogP) is 3.45. The Morgan fingerprint density at radius 3 is 2.28 bits per heavy atom. The summed E-state index contributed by atoms with van der Waals surface area (Å²) in [6, 6.07) is 16.0. The summed E-state index contributed by atoms with van der Waals surface area (Å²) in [5.41, 5.74) is 1.31. The lowest BCUT2D eigenvalue weighted by Crippen LogP contribution is -1.89. The zero-order valence-corrected chi connectivity index (χ0v) is 10.1. The highest BCUT2D eigenvalue weighted by Crippen LogP contribution is 2.13. The molecule has 0 amide bonds. The zero-order valence-electron chi connectivity index (χ0n) is 9.39. The summed E-state index contributed by atoms with van der Waals surface area (Å²) >= 11 is 5.33.